The first kappa shape index (κ1) is 18.6. The molecule has 4 rings (SSSR count). The summed E-state index contributed by atoms with van der Waals surface area (Å²) < 4.78 is 19.2. The van der Waals surface area contributed by atoms with Crippen LogP contribution in [0.25, 0.3) is 11.4 Å². The summed E-state index contributed by atoms with van der Waals surface area (Å²) in [6, 6.07) is 13.3. The van der Waals surface area contributed by atoms with Crippen LogP contribution in [0.15, 0.2) is 53.1 Å². The number of amides is 1. The molecule has 1 fully saturated rings. The molecule has 0 spiro atoms. The minimum absolute atomic E-state index is 0.112. The van der Waals surface area contributed by atoms with Gasteiger partial charge in [0.15, 0.2) is 0 Å². The first-order valence-corrected chi connectivity index (χ1v) is 9.32. The number of rotatable bonds is 4. The molecule has 0 aliphatic carbocycles. The number of carbonyl (C=O) groups is 1. The topological polar surface area (TPSA) is 62.5 Å². The molecule has 8 heteroatoms. The molecule has 0 atom stereocenters. The molecule has 0 saturated carbocycles. The smallest absolute Gasteiger partial charge is 0.256 e. The lowest BCUT2D eigenvalue weighted by Gasteiger charge is -2.34. The Morgan fingerprint density at radius 1 is 1.07 bits per heavy atom. The number of nitrogens with zero attached hydrogens (tertiary/aromatic N) is 4. The summed E-state index contributed by atoms with van der Waals surface area (Å²) in [5, 5.41) is 4.66. The van der Waals surface area contributed by atoms with E-state index in [1.807, 2.05) is 12.1 Å². The Balaban J connectivity index is 1.34. The molecule has 2 aromatic carbocycles. The molecule has 1 aliphatic heterocycles. The Kier molecular flexibility index (Phi) is 5.36. The predicted octanol–water partition coefficient (Wildman–Crippen LogP) is 3.49. The third-order valence-electron chi connectivity index (χ3n) is 4.69. The van der Waals surface area contributed by atoms with E-state index in [1.54, 1.807) is 29.2 Å². The average Bonchev–Trinajstić information content (AvgIpc) is 3.17. The van der Waals surface area contributed by atoms with Crippen molar-refractivity contribution in [2.45, 2.75) is 6.54 Å². The van der Waals surface area contributed by atoms with Gasteiger partial charge in [-0.05, 0) is 36.4 Å². The van der Waals surface area contributed by atoms with Gasteiger partial charge in [0.25, 0.3) is 5.91 Å². The second-order valence-corrected chi connectivity index (χ2v) is 7.00. The molecule has 0 unspecified atom stereocenters. The normalized spacial score (nSPS) is 15.0. The van der Waals surface area contributed by atoms with E-state index < -0.39 is 5.82 Å². The quantitative estimate of drug-likeness (QED) is 0.671. The highest BCUT2D eigenvalue weighted by molar-refractivity contribution is 6.30. The molecular formula is C20H18ClFN4O2. The molecule has 1 saturated heterocycles. The van der Waals surface area contributed by atoms with Gasteiger partial charge in [-0.25, -0.2) is 4.39 Å². The average molecular weight is 401 g/mol. The van der Waals surface area contributed by atoms with E-state index in [2.05, 4.69) is 15.0 Å². The van der Waals surface area contributed by atoms with Gasteiger partial charge in [-0.1, -0.05) is 28.9 Å². The van der Waals surface area contributed by atoms with Gasteiger partial charge in [-0.15, -0.1) is 0 Å². The molecule has 1 aromatic heterocycles. The summed E-state index contributed by atoms with van der Waals surface area (Å²) in [6.45, 7) is 2.84. The Morgan fingerprint density at radius 2 is 1.79 bits per heavy atom. The summed E-state index contributed by atoms with van der Waals surface area (Å²) in [5.74, 6) is 0.259. The van der Waals surface area contributed by atoms with Crippen molar-refractivity contribution in [2.75, 3.05) is 26.2 Å². The lowest BCUT2D eigenvalue weighted by molar-refractivity contribution is 0.0610. The second kappa shape index (κ2) is 8.08. The minimum Gasteiger partial charge on any atom is -0.338 e. The van der Waals surface area contributed by atoms with E-state index in [0.29, 0.717) is 49.5 Å². The van der Waals surface area contributed by atoms with Crippen molar-refractivity contribution in [1.82, 2.24) is 19.9 Å². The molecule has 28 heavy (non-hydrogen) atoms. The number of carbonyl (C=O) groups excluding carboxylic acids is 1. The van der Waals surface area contributed by atoms with Gasteiger partial charge in [-0.2, -0.15) is 4.98 Å². The summed E-state index contributed by atoms with van der Waals surface area (Å²) in [6.07, 6.45) is 0. The molecule has 0 radical (unpaired) electrons. The largest absolute Gasteiger partial charge is 0.338 e. The van der Waals surface area contributed by atoms with Crippen LogP contribution in [0.5, 0.6) is 0 Å². The van der Waals surface area contributed by atoms with Crippen LogP contribution in [0.3, 0.4) is 0 Å². The Labute approximate surface area is 166 Å². The van der Waals surface area contributed by atoms with Crippen LogP contribution in [0.4, 0.5) is 4.39 Å². The van der Waals surface area contributed by atoms with Gasteiger partial charge in [0, 0.05) is 36.8 Å². The fraction of sp³-hybridized carbons (Fsp3) is 0.250. The van der Waals surface area contributed by atoms with Crippen molar-refractivity contribution in [2.24, 2.45) is 0 Å². The van der Waals surface area contributed by atoms with Crippen LogP contribution in [-0.2, 0) is 6.54 Å². The summed E-state index contributed by atoms with van der Waals surface area (Å²) in [4.78, 5) is 20.7. The van der Waals surface area contributed by atoms with Crippen LogP contribution in [0.1, 0.15) is 16.2 Å². The summed E-state index contributed by atoms with van der Waals surface area (Å²) in [5.41, 5.74) is 0.945. The number of hydrogen-bond acceptors (Lipinski definition) is 5. The Hall–Kier alpha value is -2.77. The number of halogens is 2. The van der Waals surface area contributed by atoms with Crippen molar-refractivity contribution in [3.8, 4) is 11.4 Å². The van der Waals surface area contributed by atoms with Crippen molar-refractivity contribution in [1.29, 1.82) is 0 Å². The van der Waals surface area contributed by atoms with Gasteiger partial charge < -0.3 is 9.42 Å². The van der Waals surface area contributed by atoms with Gasteiger partial charge in [0.1, 0.15) is 5.82 Å². The number of aromatic nitrogens is 2. The van der Waals surface area contributed by atoms with Crippen molar-refractivity contribution >= 4 is 17.5 Å². The van der Waals surface area contributed by atoms with E-state index in [9.17, 15) is 9.18 Å². The molecule has 3 aromatic rings. The molecule has 2 heterocycles. The third kappa shape index (κ3) is 4.05. The highest BCUT2D eigenvalue weighted by atomic mass is 35.5. The van der Waals surface area contributed by atoms with Crippen molar-refractivity contribution in [3.63, 3.8) is 0 Å². The Morgan fingerprint density at radius 3 is 2.50 bits per heavy atom. The van der Waals surface area contributed by atoms with Crippen LogP contribution in [0, 0.1) is 5.82 Å². The van der Waals surface area contributed by atoms with Crippen molar-refractivity contribution < 1.29 is 13.7 Å². The highest BCUT2D eigenvalue weighted by Crippen LogP contribution is 2.19. The number of piperazine rings is 1. The molecule has 144 valence electrons. The summed E-state index contributed by atoms with van der Waals surface area (Å²) in [7, 11) is 0. The SMILES string of the molecule is O=C(c1ccccc1F)N1CCN(Cc2nc(-c3ccc(Cl)cc3)no2)CC1. The first-order valence-electron chi connectivity index (χ1n) is 8.95. The van der Waals surface area contributed by atoms with E-state index in [-0.39, 0.29) is 11.5 Å². The fourth-order valence-corrected chi connectivity index (χ4v) is 3.27. The number of hydrogen-bond donors (Lipinski definition) is 0. The molecule has 1 amide bonds. The first-order chi connectivity index (χ1) is 13.6. The second-order valence-electron chi connectivity index (χ2n) is 6.57. The lowest BCUT2D eigenvalue weighted by Crippen LogP contribution is -2.48. The highest BCUT2D eigenvalue weighted by Gasteiger charge is 2.25. The monoisotopic (exact) mass is 400 g/mol. The molecule has 0 N–H and O–H groups in total. The molecule has 1 aliphatic rings. The molecular weight excluding hydrogens is 383 g/mol. The fourth-order valence-electron chi connectivity index (χ4n) is 3.14. The van der Waals surface area contributed by atoms with Crippen LogP contribution in [-0.4, -0.2) is 52.0 Å². The minimum atomic E-state index is -0.490. The lowest BCUT2D eigenvalue weighted by atomic mass is 10.1. The van der Waals surface area contributed by atoms with Gasteiger partial charge >= 0.3 is 0 Å². The van der Waals surface area contributed by atoms with E-state index in [0.717, 1.165) is 5.56 Å². The van der Waals surface area contributed by atoms with E-state index in [4.69, 9.17) is 16.1 Å². The standard InChI is InChI=1S/C20H18ClFN4O2/c21-15-7-5-14(6-8-15)19-23-18(28-24-19)13-25-9-11-26(12-10-25)20(27)16-3-1-2-4-17(16)22/h1-8H,9-13H2. The van der Waals surface area contributed by atoms with Crippen molar-refractivity contribution in [3.05, 3.63) is 70.8 Å². The zero-order valence-electron chi connectivity index (χ0n) is 15.0. The zero-order chi connectivity index (χ0) is 19.5. The van der Waals surface area contributed by atoms with Crippen LogP contribution in [0.2, 0.25) is 5.02 Å². The third-order valence-corrected chi connectivity index (χ3v) is 4.95. The predicted molar refractivity (Wildman–Crippen MR) is 102 cm³/mol. The van der Waals surface area contributed by atoms with E-state index in [1.165, 1.54) is 12.1 Å². The zero-order valence-corrected chi connectivity index (χ0v) is 15.8. The van der Waals surface area contributed by atoms with E-state index >= 15 is 0 Å². The van der Waals surface area contributed by atoms with Gasteiger partial charge in [-0.3, -0.25) is 9.69 Å². The van der Waals surface area contributed by atoms with Crippen LogP contribution >= 0.6 is 11.6 Å². The van der Waals surface area contributed by atoms with Crippen LogP contribution < -0.4 is 0 Å². The van der Waals surface area contributed by atoms with Gasteiger partial charge in [0.2, 0.25) is 11.7 Å². The Bertz CT molecular complexity index is 968. The molecule has 6 nitrogen and oxygen atoms in total. The maximum Gasteiger partial charge on any atom is 0.256 e. The molecule has 0 bridgehead atoms. The number of benzene rings is 2. The maximum absolute atomic E-state index is 13.8. The summed E-state index contributed by atoms with van der Waals surface area (Å²) >= 11 is 5.90. The van der Waals surface area contributed by atoms with Gasteiger partial charge in [0.05, 0.1) is 12.1 Å². The maximum atomic E-state index is 13.8.